The molecule has 3 nitrogen and oxygen atoms in total. The normalized spacial score (nSPS) is 10.8. The predicted octanol–water partition coefficient (Wildman–Crippen LogP) is 3.83. The summed E-state index contributed by atoms with van der Waals surface area (Å²) in [5, 5.41) is 7.55. The van der Waals surface area contributed by atoms with E-state index in [4.69, 9.17) is 9.47 Å². The Hall–Kier alpha value is -1.52. The van der Waals surface area contributed by atoms with E-state index in [1.165, 1.54) is 11.1 Å². The van der Waals surface area contributed by atoms with E-state index in [-0.39, 0.29) is 0 Å². The Labute approximate surface area is 124 Å². The highest BCUT2D eigenvalue weighted by atomic mass is 32.1. The molecule has 0 bridgehead atoms. The molecule has 2 aromatic rings. The summed E-state index contributed by atoms with van der Waals surface area (Å²) in [6.45, 7) is 5.67. The fourth-order valence-corrected chi connectivity index (χ4v) is 2.46. The maximum absolute atomic E-state index is 5.87. The van der Waals surface area contributed by atoms with Gasteiger partial charge in [-0.05, 0) is 40.1 Å². The predicted molar refractivity (Wildman–Crippen MR) is 83.6 cm³/mol. The number of thiophene rings is 1. The molecule has 0 aliphatic heterocycles. The molecule has 4 heteroatoms. The van der Waals surface area contributed by atoms with Gasteiger partial charge in [-0.3, -0.25) is 0 Å². The van der Waals surface area contributed by atoms with Crippen molar-refractivity contribution >= 4 is 11.3 Å². The van der Waals surface area contributed by atoms with Crippen molar-refractivity contribution in [2.45, 2.75) is 33.0 Å². The summed E-state index contributed by atoms with van der Waals surface area (Å²) >= 11 is 1.68. The topological polar surface area (TPSA) is 30.5 Å². The third-order valence-electron chi connectivity index (χ3n) is 2.92. The first-order valence-corrected chi connectivity index (χ1v) is 7.67. The average molecular weight is 291 g/mol. The summed E-state index contributed by atoms with van der Waals surface area (Å²) in [7, 11) is 1.67. The third kappa shape index (κ3) is 4.25. The maximum atomic E-state index is 5.87. The molecule has 0 atom stereocenters. The van der Waals surface area contributed by atoms with E-state index in [0.717, 1.165) is 18.0 Å². The molecular formula is C16H21NO2S. The lowest BCUT2D eigenvalue weighted by Gasteiger charge is -2.13. The number of ether oxygens (including phenoxy) is 2. The van der Waals surface area contributed by atoms with Crippen LogP contribution in [0.15, 0.2) is 35.0 Å². The monoisotopic (exact) mass is 291 g/mol. The minimum Gasteiger partial charge on any atom is -0.493 e. The SMILES string of the molecule is COc1ccc(CNC(C)C)cc1OCc1ccsc1. The van der Waals surface area contributed by atoms with Gasteiger partial charge in [-0.25, -0.2) is 0 Å². The van der Waals surface area contributed by atoms with E-state index in [9.17, 15) is 0 Å². The summed E-state index contributed by atoms with van der Waals surface area (Å²) in [5.74, 6) is 1.57. The van der Waals surface area contributed by atoms with E-state index < -0.39 is 0 Å². The Morgan fingerprint density at radius 1 is 1.15 bits per heavy atom. The molecule has 0 aliphatic rings. The van der Waals surface area contributed by atoms with Crippen LogP contribution >= 0.6 is 11.3 Å². The first-order valence-electron chi connectivity index (χ1n) is 6.73. The Kier molecular flexibility index (Phi) is 5.44. The van der Waals surface area contributed by atoms with Crippen LogP contribution in [0.2, 0.25) is 0 Å². The van der Waals surface area contributed by atoms with Gasteiger partial charge in [0.25, 0.3) is 0 Å². The van der Waals surface area contributed by atoms with Crippen LogP contribution in [0.5, 0.6) is 11.5 Å². The van der Waals surface area contributed by atoms with E-state index in [2.05, 4.69) is 42.1 Å². The quantitative estimate of drug-likeness (QED) is 0.841. The van der Waals surface area contributed by atoms with Crippen molar-refractivity contribution in [1.82, 2.24) is 5.32 Å². The van der Waals surface area contributed by atoms with E-state index >= 15 is 0 Å². The van der Waals surface area contributed by atoms with Crippen LogP contribution < -0.4 is 14.8 Å². The lowest BCUT2D eigenvalue weighted by molar-refractivity contribution is 0.284. The highest BCUT2D eigenvalue weighted by Crippen LogP contribution is 2.29. The summed E-state index contributed by atoms with van der Waals surface area (Å²) < 4.78 is 11.2. The molecule has 1 aromatic carbocycles. The summed E-state index contributed by atoms with van der Waals surface area (Å²) in [6, 6.07) is 8.60. The summed E-state index contributed by atoms with van der Waals surface area (Å²) in [5.41, 5.74) is 2.38. The number of rotatable bonds is 7. The Balaban J connectivity index is 2.05. The molecule has 108 valence electrons. The number of nitrogens with one attached hydrogen (secondary N) is 1. The molecule has 2 rings (SSSR count). The highest BCUT2D eigenvalue weighted by Gasteiger charge is 2.07. The number of hydrogen-bond acceptors (Lipinski definition) is 4. The van der Waals surface area contributed by atoms with Gasteiger partial charge in [0, 0.05) is 12.6 Å². The molecule has 0 radical (unpaired) electrons. The fourth-order valence-electron chi connectivity index (χ4n) is 1.80. The van der Waals surface area contributed by atoms with Crippen molar-refractivity contribution < 1.29 is 9.47 Å². The van der Waals surface area contributed by atoms with E-state index in [1.807, 2.05) is 12.1 Å². The minimum atomic E-state index is 0.465. The number of methoxy groups -OCH3 is 1. The van der Waals surface area contributed by atoms with Gasteiger partial charge in [0.1, 0.15) is 6.61 Å². The molecule has 0 saturated heterocycles. The maximum Gasteiger partial charge on any atom is 0.161 e. The average Bonchev–Trinajstić information content (AvgIpc) is 2.96. The van der Waals surface area contributed by atoms with Crippen molar-refractivity contribution in [3.8, 4) is 11.5 Å². The van der Waals surface area contributed by atoms with Crippen LogP contribution in [-0.4, -0.2) is 13.2 Å². The standard InChI is InChI=1S/C16H21NO2S/c1-12(2)17-9-13-4-5-15(18-3)16(8-13)19-10-14-6-7-20-11-14/h4-8,11-12,17H,9-10H2,1-3H3. The van der Waals surface area contributed by atoms with Gasteiger partial charge < -0.3 is 14.8 Å². The van der Waals surface area contributed by atoms with Gasteiger partial charge in [-0.1, -0.05) is 19.9 Å². The van der Waals surface area contributed by atoms with Crippen LogP contribution in [-0.2, 0) is 13.2 Å². The van der Waals surface area contributed by atoms with Crippen molar-refractivity contribution in [2.24, 2.45) is 0 Å². The van der Waals surface area contributed by atoms with Crippen molar-refractivity contribution in [1.29, 1.82) is 0 Å². The van der Waals surface area contributed by atoms with Gasteiger partial charge in [-0.15, -0.1) is 0 Å². The first-order chi connectivity index (χ1) is 9.69. The lowest BCUT2D eigenvalue weighted by Crippen LogP contribution is -2.21. The molecular weight excluding hydrogens is 270 g/mol. The molecule has 0 saturated carbocycles. The molecule has 0 amide bonds. The zero-order valence-electron chi connectivity index (χ0n) is 12.2. The zero-order chi connectivity index (χ0) is 14.4. The summed E-state index contributed by atoms with van der Waals surface area (Å²) in [6.07, 6.45) is 0. The second kappa shape index (κ2) is 7.31. The Morgan fingerprint density at radius 3 is 2.65 bits per heavy atom. The molecule has 1 N–H and O–H groups in total. The second-order valence-electron chi connectivity index (χ2n) is 4.94. The van der Waals surface area contributed by atoms with Gasteiger partial charge in [0.15, 0.2) is 11.5 Å². The summed E-state index contributed by atoms with van der Waals surface area (Å²) in [4.78, 5) is 0. The molecule has 1 aromatic heterocycles. The fraction of sp³-hybridized carbons (Fsp3) is 0.375. The third-order valence-corrected chi connectivity index (χ3v) is 3.65. The smallest absolute Gasteiger partial charge is 0.161 e. The zero-order valence-corrected chi connectivity index (χ0v) is 13.0. The molecule has 1 heterocycles. The molecule has 0 fully saturated rings. The Bertz CT molecular complexity index is 523. The van der Waals surface area contributed by atoms with Gasteiger partial charge in [0.2, 0.25) is 0 Å². The van der Waals surface area contributed by atoms with Crippen LogP contribution in [0.4, 0.5) is 0 Å². The largest absolute Gasteiger partial charge is 0.493 e. The van der Waals surface area contributed by atoms with Crippen molar-refractivity contribution in [3.05, 3.63) is 46.2 Å². The molecule has 0 aliphatic carbocycles. The number of hydrogen-bond donors (Lipinski definition) is 1. The van der Waals surface area contributed by atoms with Crippen molar-refractivity contribution in [2.75, 3.05) is 7.11 Å². The van der Waals surface area contributed by atoms with Crippen LogP contribution in [0, 0.1) is 0 Å². The second-order valence-corrected chi connectivity index (χ2v) is 5.72. The number of benzene rings is 1. The van der Waals surface area contributed by atoms with E-state index in [0.29, 0.717) is 12.6 Å². The molecule has 0 unspecified atom stereocenters. The van der Waals surface area contributed by atoms with Crippen LogP contribution in [0.3, 0.4) is 0 Å². The lowest BCUT2D eigenvalue weighted by atomic mass is 10.2. The van der Waals surface area contributed by atoms with Gasteiger partial charge >= 0.3 is 0 Å². The van der Waals surface area contributed by atoms with Crippen molar-refractivity contribution in [3.63, 3.8) is 0 Å². The van der Waals surface area contributed by atoms with Crippen LogP contribution in [0.1, 0.15) is 25.0 Å². The highest BCUT2D eigenvalue weighted by molar-refractivity contribution is 7.07. The minimum absolute atomic E-state index is 0.465. The van der Waals surface area contributed by atoms with Crippen LogP contribution in [0.25, 0.3) is 0 Å². The van der Waals surface area contributed by atoms with Gasteiger partial charge in [0.05, 0.1) is 7.11 Å². The molecule has 0 spiro atoms. The van der Waals surface area contributed by atoms with E-state index in [1.54, 1.807) is 18.4 Å². The molecule has 20 heavy (non-hydrogen) atoms. The first kappa shape index (κ1) is 14.9. The Morgan fingerprint density at radius 2 is 2.00 bits per heavy atom. The van der Waals surface area contributed by atoms with Gasteiger partial charge in [-0.2, -0.15) is 11.3 Å².